The maximum absolute atomic E-state index is 12.4. The number of methoxy groups -OCH3 is 2. The van der Waals surface area contributed by atoms with Gasteiger partial charge in [0.05, 0.1) is 11.4 Å². The molecule has 0 aliphatic heterocycles. The molecular formula is C42H46N10O4. The molecule has 0 bridgehead atoms. The van der Waals surface area contributed by atoms with Crippen molar-refractivity contribution in [3.63, 3.8) is 0 Å². The maximum atomic E-state index is 12.4. The van der Waals surface area contributed by atoms with E-state index >= 15 is 0 Å². The minimum atomic E-state index is -0.0170. The van der Waals surface area contributed by atoms with Crippen LogP contribution in [-0.4, -0.2) is 69.2 Å². The average Bonchev–Trinajstić information content (AvgIpc) is 4.15. The van der Waals surface area contributed by atoms with Crippen LogP contribution < -0.4 is 22.1 Å². The molecule has 2 fully saturated rings. The van der Waals surface area contributed by atoms with Gasteiger partial charge in [0.1, 0.15) is 23.3 Å². The second-order valence-electron chi connectivity index (χ2n) is 14.2. The topological polar surface area (TPSA) is 206 Å². The third-order valence-corrected chi connectivity index (χ3v) is 10.4. The molecule has 6 aromatic heterocycles. The Morgan fingerprint density at radius 3 is 1.50 bits per heavy atom. The van der Waals surface area contributed by atoms with Gasteiger partial charge in [-0.2, -0.15) is 0 Å². The first-order valence-corrected chi connectivity index (χ1v) is 18.8. The van der Waals surface area contributed by atoms with E-state index in [2.05, 4.69) is 54.4 Å². The molecular weight excluding hydrogens is 709 g/mol. The van der Waals surface area contributed by atoms with Gasteiger partial charge in [0.15, 0.2) is 0 Å². The lowest BCUT2D eigenvalue weighted by Crippen LogP contribution is -2.16. The number of nitrogen functional groups attached to an aromatic ring is 2. The smallest absolute Gasteiger partial charge is 0.229 e. The van der Waals surface area contributed by atoms with Crippen LogP contribution in [0.25, 0.3) is 44.1 Å². The summed E-state index contributed by atoms with van der Waals surface area (Å²) in [7, 11) is 3.31. The molecule has 0 aromatic carbocycles. The van der Waals surface area contributed by atoms with Crippen molar-refractivity contribution in [3.05, 3.63) is 84.7 Å². The Kier molecular flexibility index (Phi) is 11.4. The van der Waals surface area contributed by atoms with Crippen molar-refractivity contribution < 1.29 is 19.1 Å². The lowest BCUT2D eigenvalue weighted by Gasteiger charge is -2.11. The van der Waals surface area contributed by atoms with Gasteiger partial charge in [-0.15, -0.1) is 0 Å². The Balaban J connectivity index is 0.000000172. The Hall–Kier alpha value is -6.12. The first-order chi connectivity index (χ1) is 27.2. The first kappa shape index (κ1) is 38.2. The molecule has 0 saturated heterocycles. The molecule has 2 amide bonds. The van der Waals surface area contributed by atoms with Crippen molar-refractivity contribution in [2.24, 2.45) is 23.7 Å². The molecule has 56 heavy (non-hydrogen) atoms. The molecule has 6 N–H and O–H groups in total. The van der Waals surface area contributed by atoms with Gasteiger partial charge in [-0.25, -0.2) is 19.9 Å². The Morgan fingerprint density at radius 2 is 1.11 bits per heavy atom. The van der Waals surface area contributed by atoms with E-state index in [0.717, 1.165) is 80.9 Å². The van der Waals surface area contributed by atoms with Gasteiger partial charge < -0.3 is 31.6 Å². The molecule has 0 spiro atoms. The number of fused-ring (bicyclic) bond motifs is 2. The van der Waals surface area contributed by atoms with Crippen LogP contribution in [0.2, 0.25) is 0 Å². The second-order valence-corrected chi connectivity index (χ2v) is 14.2. The standard InChI is InChI=1S/2C21H23N5O2/c2*1-3-12-4-5-23-9-16(12)18-7-13-8-19(24-10-17(13)20(22)25-18)26-21(27)15-6-14(15)11-28-2/h2*4-5,7-10,14-15H,3,6,11H2,1-2H3,(H2,22,25)(H,24,26,27)/t2*14-,15+/m10/s1. The highest BCUT2D eigenvalue weighted by Crippen LogP contribution is 2.40. The Morgan fingerprint density at radius 1 is 0.679 bits per heavy atom. The summed E-state index contributed by atoms with van der Waals surface area (Å²) >= 11 is 0. The van der Waals surface area contributed by atoms with Gasteiger partial charge in [0.2, 0.25) is 11.8 Å². The number of amides is 2. The van der Waals surface area contributed by atoms with Gasteiger partial charge in [-0.1, -0.05) is 13.8 Å². The summed E-state index contributed by atoms with van der Waals surface area (Å²) in [4.78, 5) is 50.9. The molecule has 2 aliphatic rings. The summed E-state index contributed by atoms with van der Waals surface area (Å²) in [5.74, 6) is 2.41. The van der Waals surface area contributed by atoms with E-state index in [1.807, 2.05) is 36.4 Å². The normalized spacial score (nSPS) is 18.2. The highest BCUT2D eigenvalue weighted by atomic mass is 16.5. The van der Waals surface area contributed by atoms with Crippen LogP contribution in [0.5, 0.6) is 0 Å². The quantitative estimate of drug-likeness (QED) is 0.112. The molecule has 0 unspecified atom stereocenters. The molecule has 2 aliphatic carbocycles. The van der Waals surface area contributed by atoms with Gasteiger partial charge in [0, 0.05) is 98.3 Å². The Bertz CT molecular complexity index is 2240. The fourth-order valence-electron chi connectivity index (χ4n) is 7.06. The van der Waals surface area contributed by atoms with Crippen molar-refractivity contribution in [1.29, 1.82) is 0 Å². The van der Waals surface area contributed by atoms with Crippen molar-refractivity contribution in [1.82, 2.24) is 29.9 Å². The van der Waals surface area contributed by atoms with Crippen LogP contribution in [0.3, 0.4) is 0 Å². The predicted molar refractivity (Wildman–Crippen MR) is 217 cm³/mol. The molecule has 8 rings (SSSR count). The number of aryl methyl sites for hydroxylation is 2. The molecule has 2 saturated carbocycles. The maximum Gasteiger partial charge on any atom is 0.229 e. The minimum absolute atomic E-state index is 0.00183. The summed E-state index contributed by atoms with van der Waals surface area (Å²) in [5.41, 5.74) is 18.1. The number of nitrogens with zero attached hydrogens (tertiary/aromatic N) is 6. The number of nitrogens with two attached hydrogens (primary N) is 2. The molecule has 14 nitrogen and oxygen atoms in total. The van der Waals surface area contributed by atoms with E-state index in [1.165, 1.54) is 0 Å². The van der Waals surface area contributed by atoms with Crippen LogP contribution in [0.15, 0.2) is 73.6 Å². The van der Waals surface area contributed by atoms with E-state index in [4.69, 9.17) is 20.9 Å². The number of ether oxygens (including phenoxy) is 2. The number of rotatable bonds is 12. The number of aromatic nitrogens is 6. The van der Waals surface area contributed by atoms with Gasteiger partial charge in [-0.05, 0) is 95.8 Å². The first-order valence-electron chi connectivity index (χ1n) is 18.8. The number of hydrogen-bond acceptors (Lipinski definition) is 12. The third kappa shape index (κ3) is 8.41. The predicted octanol–water partition coefficient (Wildman–Crippen LogP) is 6.11. The molecule has 0 radical (unpaired) electrons. The average molecular weight is 755 g/mol. The monoisotopic (exact) mass is 754 g/mol. The van der Waals surface area contributed by atoms with Crippen molar-refractivity contribution in [2.75, 3.05) is 49.5 Å². The highest BCUT2D eigenvalue weighted by Gasteiger charge is 2.43. The van der Waals surface area contributed by atoms with Crippen LogP contribution in [-0.2, 0) is 31.9 Å². The van der Waals surface area contributed by atoms with Crippen LogP contribution in [0.1, 0.15) is 37.8 Å². The zero-order valence-corrected chi connectivity index (χ0v) is 32.0. The van der Waals surface area contributed by atoms with Crippen molar-refractivity contribution in [2.45, 2.75) is 39.5 Å². The zero-order valence-electron chi connectivity index (χ0n) is 32.0. The van der Waals surface area contributed by atoms with E-state index in [9.17, 15) is 9.59 Å². The lowest BCUT2D eigenvalue weighted by molar-refractivity contribution is -0.118. The van der Waals surface area contributed by atoms with Crippen molar-refractivity contribution in [3.8, 4) is 22.5 Å². The number of hydrogen-bond donors (Lipinski definition) is 4. The van der Waals surface area contributed by atoms with E-state index in [1.54, 1.807) is 51.4 Å². The highest BCUT2D eigenvalue weighted by molar-refractivity contribution is 6.00. The number of carbonyl (C=O) groups is 2. The zero-order chi connectivity index (χ0) is 39.3. The number of nitrogens with one attached hydrogen (secondary N) is 2. The molecule has 4 atom stereocenters. The summed E-state index contributed by atoms with van der Waals surface area (Å²) < 4.78 is 10.2. The molecule has 6 aromatic rings. The van der Waals surface area contributed by atoms with Crippen LogP contribution >= 0.6 is 0 Å². The summed E-state index contributed by atoms with van der Waals surface area (Å²) in [6.07, 6.45) is 13.9. The third-order valence-electron chi connectivity index (χ3n) is 10.4. The SMILES string of the molecule is CCc1ccncc1-c1cc2cc(NC(=O)[C@@H]3C[C@H]3COC)ncc2c(N)n1.CCc1ccncc1-c1cc2cc(NC(=O)[C@H]3C[C@@H]3COC)ncc2c(N)n1. The fourth-order valence-corrected chi connectivity index (χ4v) is 7.06. The molecule has 288 valence electrons. The summed E-state index contributed by atoms with van der Waals surface area (Å²) in [6.45, 7) is 5.41. The number of anilines is 4. The number of pyridine rings is 6. The van der Waals surface area contributed by atoms with Gasteiger partial charge >= 0.3 is 0 Å². The largest absolute Gasteiger partial charge is 0.384 e. The van der Waals surface area contributed by atoms with E-state index in [-0.39, 0.29) is 23.7 Å². The van der Waals surface area contributed by atoms with Crippen LogP contribution in [0.4, 0.5) is 23.3 Å². The second kappa shape index (κ2) is 16.7. The minimum Gasteiger partial charge on any atom is -0.384 e. The van der Waals surface area contributed by atoms with Gasteiger partial charge in [0.25, 0.3) is 0 Å². The fraction of sp³-hybridized carbons (Fsp3) is 0.333. The Labute approximate surface area is 324 Å². The molecule has 14 heteroatoms. The van der Waals surface area contributed by atoms with E-state index in [0.29, 0.717) is 48.3 Å². The summed E-state index contributed by atoms with van der Waals surface area (Å²) in [6, 6.07) is 11.6. The number of carbonyl (C=O) groups excluding carboxylic acids is 2. The summed E-state index contributed by atoms with van der Waals surface area (Å²) in [5, 5.41) is 9.08. The lowest BCUT2D eigenvalue weighted by atomic mass is 10.0. The van der Waals surface area contributed by atoms with Gasteiger partial charge in [-0.3, -0.25) is 19.6 Å². The molecule has 6 heterocycles. The van der Waals surface area contributed by atoms with Crippen LogP contribution in [0, 0.1) is 23.7 Å². The van der Waals surface area contributed by atoms with Crippen molar-refractivity contribution >= 4 is 56.6 Å². The van der Waals surface area contributed by atoms with E-state index < -0.39 is 0 Å².